The first-order valence-electron chi connectivity index (χ1n) is 6.57. The number of hydrogen-bond donors (Lipinski definition) is 0. The summed E-state index contributed by atoms with van der Waals surface area (Å²) in [7, 11) is -3.03. The fourth-order valence-corrected chi connectivity index (χ4v) is 4.99. The largest absolute Gasteiger partial charge is 0.412 e. The summed E-state index contributed by atoms with van der Waals surface area (Å²) in [5.41, 5.74) is 0. The van der Waals surface area contributed by atoms with Crippen LogP contribution in [0.5, 0.6) is 0 Å². The summed E-state index contributed by atoms with van der Waals surface area (Å²) < 4.78 is 16.1. The smallest absolute Gasteiger partial charge is 0.298 e. The molecule has 3 aromatic carbocycles. The summed E-state index contributed by atoms with van der Waals surface area (Å²) in [6, 6.07) is 28.4. The van der Waals surface area contributed by atoms with Crippen LogP contribution in [-0.2, 0) is 0 Å². The molecular weight excluding hydrogens is 282 g/mol. The molecule has 0 atom stereocenters. The normalized spacial score (nSPS) is 10.7. The lowest BCUT2D eigenvalue weighted by Gasteiger charge is -2.16. The van der Waals surface area contributed by atoms with Gasteiger partial charge in [0.05, 0.1) is 0 Å². The topological polar surface area (TPSA) is 31.5 Å². The summed E-state index contributed by atoms with van der Waals surface area (Å²) in [6.07, 6.45) is 0. The molecule has 0 unspecified atom stereocenters. The van der Waals surface area contributed by atoms with Gasteiger partial charge in [0.25, 0.3) is 7.57 Å². The van der Waals surface area contributed by atoms with E-state index in [1.54, 1.807) is 0 Å². The maximum Gasteiger partial charge on any atom is 0.298 e. The molecule has 0 saturated heterocycles. The van der Waals surface area contributed by atoms with Crippen molar-refractivity contribution in [3.63, 3.8) is 0 Å². The molecule has 0 spiro atoms. The van der Waals surface area contributed by atoms with Crippen molar-refractivity contribution in [3.8, 4) is 0 Å². The summed E-state index contributed by atoms with van der Waals surface area (Å²) in [6.45, 7) is 0. The van der Waals surface area contributed by atoms with Gasteiger partial charge in [-0.05, 0) is 40.6 Å². The Hall–Kier alpha value is -2.02. The Labute approximate surface area is 124 Å². The minimum absolute atomic E-state index is 0. The Morgan fingerprint density at radius 3 is 0.952 bits per heavy atom. The standard InChI is InChI=1S/C18H15FP.H2O/c19-20(16-10-4-1-5-11-16,17-12-6-2-7-13-17)18-14-8-3-9-15-18;/h1-15H;1H2/q+1;. The van der Waals surface area contributed by atoms with Gasteiger partial charge in [-0.3, -0.25) is 0 Å². The lowest BCUT2D eigenvalue weighted by atomic mass is 10.4. The zero-order chi connectivity index (χ0) is 13.8. The highest BCUT2D eigenvalue weighted by atomic mass is 31.2. The van der Waals surface area contributed by atoms with Crippen LogP contribution in [0.15, 0.2) is 91.0 Å². The van der Waals surface area contributed by atoms with Crippen molar-refractivity contribution in [1.82, 2.24) is 0 Å². The minimum atomic E-state index is -3.03. The Kier molecular flexibility index (Phi) is 4.85. The monoisotopic (exact) mass is 299 g/mol. The van der Waals surface area contributed by atoms with Crippen LogP contribution in [0, 0.1) is 0 Å². The number of rotatable bonds is 3. The van der Waals surface area contributed by atoms with E-state index in [1.807, 2.05) is 91.0 Å². The Morgan fingerprint density at radius 2 is 0.714 bits per heavy atom. The van der Waals surface area contributed by atoms with Crippen LogP contribution in [0.3, 0.4) is 0 Å². The summed E-state index contributed by atoms with van der Waals surface area (Å²) >= 11 is 0. The molecule has 0 fully saturated rings. The molecule has 0 saturated carbocycles. The first-order valence-corrected chi connectivity index (χ1v) is 8.25. The van der Waals surface area contributed by atoms with Gasteiger partial charge in [-0.2, -0.15) is 0 Å². The van der Waals surface area contributed by atoms with Crippen LogP contribution in [0.2, 0.25) is 0 Å². The van der Waals surface area contributed by atoms with E-state index < -0.39 is 7.57 Å². The Balaban J connectivity index is 0.00000161. The van der Waals surface area contributed by atoms with Gasteiger partial charge in [-0.1, -0.05) is 54.6 Å². The second kappa shape index (κ2) is 6.62. The molecule has 106 valence electrons. The third kappa shape index (κ3) is 2.87. The van der Waals surface area contributed by atoms with Crippen LogP contribution in [-0.4, -0.2) is 5.48 Å². The second-order valence-corrected chi connectivity index (χ2v) is 7.32. The van der Waals surface area contributed by atoms with Crippen molar-refractivity contribution in [3.05, 3.63) is 91.0 Å². The highest BCUT2D eigenvalue weighted by Gasteiger charge is 2.47. The minimum Gasteiger partial charge on any atom is -0.412 e. The van der Waals surface area contributed by atoms with Crippen LogP contribution in [0.1, 0.15) is 0 Å². The molecule has 3 rings (SSSR count). The van der Waals surface area contributed by atoms with Crippen molar-refractivity contribution in [2.24, 2.45) is 0 Å². The van der Waals surface area contributed by atoms with E-state index in [-0.39, 0.29) is 5.48 Å². The molecule has 3 aromatic rings. The molecule has 21 heavy (non-hydrogen) atoms. The molecule has 0 aliphatic rings. The summed E-state index contributed by atoms with van der Waals surface area (Å²) in [5, 5.41) is 2.28. The molecule has 0 radical (unpaired) electrons. The van der Waals surface area contributed by atoms with Gasteiger partial charge >= 0.3 is 0 Å². The zero-order valence-corrected chi connectivity index (χ0v) is 12.4. The molecule has 2 N–H and O–H groups in total. The van der Waals surface area contributed by atoms with Crippen molar-refractivity contribution in [2.45, 2.75) is 0 Å². The van der Waals surface area contributed by atoms with Gasteiger partial charge in [-0.25, -0.2) is 0 Å². The molecule has 1 nitrogen and oxygen atoms in total. The van der Waals surface area contributed by atoms with Crippen molar-refractivity contribution in [1.29, 1.82) is 0 Å². The van der Waals surface area contributed by atoms with E-state index in [0.717, 1.165) is 15.9 Å². The predicted molar refractivity (Wildman–Crippen MR) is 89.9 cm³/mol. The zero-order valence-electron chi connectivity index (χ0n) is 11.5. The Morgan fingerprint density at radius 1 is 0.476 bits per heavy atom. The quantitative estimate of drug-likeness (QED) is 0.666. The van der Waals surface area contributed by atoms with Gasteiger partial charge < -0.3 is 5.48 Å². The lowest BCUT2D eigenvalue weighted by molar-refractivity contribution is 0.824. The average Bonchev–Trinajstić information content (AvgIpc) is 2.56. The molecule has 0 amide bonds. The first kappa shape index (κ1) is 15.4. The van der Waals surface area contributed by atoms with Gasteiger partial charge in [-0.15, -0.1) is 0 Å². The summed E-state index contributed by atoms with van der Waals surface area (Å²) in [4.78, 5) is 0. The van der Waals surface area contributed by atoms with E-state index in [1.165, 1.54) is 0 Å². The van der Waals surface area contributed by atoms with Crippen molar-refractivity contribution >= 4 is 23.5 Å². The van der Waals surface area contributed by atoms with Crippen LogP contribution in [0.25, 0.3) is 0 Å². The molecular formula is C18H17FOP+. The number of hydrogen-bond acceptors (Lipinski definition) is 0. The molecule has 0 heterocycles. The molecule has 0 aromatic heterocycles. The fraction of sp³-hybridized carbons (Fsp3) is 0. The third-order valence-electron chi connectivity index (χ3n) is 3.34. The van der Waals surface area contributed by atoms with Gasteiger partial charge in [0, 0.05) is 0 Å². The van der Waals surface area contributed by atoms with E-state index in [0.29, 0.717) is 0 Å². The maximum absolute atomic E-state index is 16.1. The SMILES string of the molecule is F[P+](c1ccccc1)(c1ccccc1)c1ccccc1.O. The van der Waals surface area contributed by atoms with E-state index in [2.05, 4.69) is 0 Å². The third-order valence-corrected chi connectivity index (χ3v) is 6.37. The number of halogens is 1. The number of benzene rings is 3. The lowest BCUT2D eigenvalue weighted by Crippen LogP contribution is -2.27. The molecule has 0 aliphatic carbocycles. The van der Waals surface area contributed by atoms with E-state index in [4.69, 9.17) is 0 Å². The highest BCUT2D eigenvalue weighted by molar-refractivity contribution is 7.91. The summed E-state index contributed by atoms with van der Waals surface area (Å²) in [5.74, 6) is 0. The fourth-order valence-electron chi connectivity index (χ4n) is 2.35. The van der Waals surface area contributed by atoms with Gasteiger partial charge in [0.2, 0.25) is 0 Å². The van der Waals surface area contributed by atoms with E-state index in [9.17, 15) is 0 Å². The maximum atomic E-state index is 16.1. The Bertz CT molecular complexity index is 575. The average molecular weight is 299 g/mol. The van der Waals surface area contributed by atoms with Gasteiger partial charge in [0.15, 0.2) is 0 Å². The second-order valence-electron chi connectivity index (χ2n) is 4.60. The van der Waals surface area contributed by atoms with Crippen LogP contribution < -0.4 is 15.9 Å². The van der Waals surface area contributed by atoms with Crippen molar-refractivity contribution in [2.75, 3.05) is 0 Å². The van der Waals surface area contributed by atoms with E-state index >= 15 is 4.20 Å². The molecule has 0 bridgehead atoms. The molecule has 0 aliphatic heterocycles. The van der Waals surface area contributed by atoms with Crippen LogP contribution >= 0.6 is 7.57 Å². The molecule has 3 heteroatoms. The predicted octanol–water partition coefficient (Wildman–Crippen LogP) is 3.04. The van der Waals surface area contributed by atoms with Gasteiger partial charge in [0.1, 0.15) is 15.9 Å². The van der Waals surface area contributed by atoms with Crippen LogP contribution in [0.4, 0.5) is 4.20 Å². The highest BCUT2D eigenvalue weighted by Crippen LogP contribution is 2.56. The first-order chi connectivity index (χ1) is 9.82. The van der Waals surface area contributed by atoms with Crippen molar-refractivity contribution < 1.29 is 9.67 Å².